The first-order chi connectivity index (χ1) is 13.1. The normalized spacial score (nSPS) is 12.4. The maximum absolute atomic E-state index is 12.7. The van der Waals surface area contributed by atoms with Crippen LogP contribution in [0.15, 0.2) is 54.6 Å². The van der Waals surface area contributed by atoms with Gasteiger partial charge in [0, 0.05) is 11.3 Å². The number of carbonyl (C=O) groups excluding carboxylic acids is 2. The molecule has 2 aromatic rings. The van der Waals surface area contributed by atoms with Crippen molar-refractivity contribution in [1.82, 2.24) is 5.32 Å². The fourth-order valence-electron chi connectivity index (χ4n) is 2.71. The molecule has 0 bridgehead atoms. The molecular formula is C22H30N3O3+. The summed E-state index contributed by atoms with van der Waals surface area (Å²) in [5.74, 6) is -0.154. The Balaban J connectivity index is 2.04. The summed E-state index contributed by atoms with van der Waals surface area (Å²) in [6, 6.07) is 16.6. The van der Waals surface area contributed by atoms with Gasteiger partial charge in [0.1, 0.15) is 18.2 Å². The van der Waals surface area contributed by atoms with E-state index in [-0.39, 0.29) is 11.9 Å². The molecule has 0 aliphatic heterocycles. The minimum Gasteiger partial charge on any atom is -0.444 e. The van der Waals surface area contributed by atoms with Crippen LogP contribution in [0.3, 0.4) is 0 Å². The lowest BCUT2D eigenvalue weighted by atomic mass is 10.1. The van der Waals surface area contributed by atoms with E-state index in [1.54, 1.807) is 45.0 Å². The monoisotopic (exact) mass is 384 g/mol. The van der Waals surface area contributed by atoms with Crippen LogP contribution in [0.1, 0.15) is 42.7 Å². The Morgan fingerprint density at radius 2 is 1.61 bits per heavy atom. The van der Waals surface area contributed by atoms with E-state index in [0.717, 1.165) is 12.1 Å². The van der Waals surface area contributed by atoms with Crippen molar-refractivity contribution in [3.8, 4) is 0 Å². The van der Waals surface area contributed by atoms with Gasteiger partial charge < -0.3 is 15.0 Å². The molecule has 2 rings (SSSR count). The predicted octanol–water partition coefficient (Wildman–Crippen LogP) is 2.65. The average molecular weight is 385 g/mol. The molecule has 2 amide bonds. The summed E-state index contributed by atoms with van der Waals surface area (Å²) in [4.78, 5) is 25.8. The minimum absolute atomic E-state index is 0.0849. The molecule has 0 aliphatic carbocycles. The van der Waals surface area contributed by atoms with Crippen molar-refractivity contribution in [2.24, 2.45) is 0 Å². The second-order valence-corrected chi connectivity index (χ2v) is 8.05. The van der Waals surface area contributed by atoms with Crippen molar-refractivity contribution in [2.45, 2.75) is 32.4 Å². The summed E-state index contributed by atoms with van der Waals surface area (Å²) >= 11 is 0. The van der Waals surface area contributed by atoms with E-state index in [4.69, 9.17) is 4.74 Å². The van der Waals surface area contributed by atoms with Crippen LogP contribution in [0.5, 0.6) is 0 Å². The van der Waals surface area contributed by atoms with Gasteiger partial charge in [0.2, 0.25) is 0 Å². The highest BCUT2D eigenvalue weighted by molar-refractivity contribution is 5.95. The molecule has 0 spiro atoms. The summed E-state index contributed by atoms with van der Waals surface area (Å²) in [5, 5.41) is 5.76. The molecule has 1 atom stereocenters. The first kappa shape index (κ1) is 21.4. The number of amides is 2. The number of benzene rings is 2. The van der Waals surface area contributed by atoms with E-state index in [1.807, 2.05) is 30.3 Å². The quantitative estimate of drug-likeness (QED) is 0.717. The average Bonchev–Trinajstić information content (AvgIpc) is 2.60. The maximum atomic E-state index is 12.7. The fraction of sp³-hybridized carbons (Fsp3) is 0.364. The third kappa shape index (κ3) is 7.04. The molecule has 0 saturated carbocycles. The molecule has 28 heavy (non-hydrogen) atoms. The zero-order valence-corrected chi connectivity index (χ0v) is 17.2. The molecule has 0 unspecified atom stereocenters. The zero-order valence-electron chi connectivity index (χ0n) is 17.2. The van der Waals surface area contributed by atoms with Crippen LogP contribution >= 0.6 is 0 Å². The largest absolute Gasteiger partial charge is 0.444 e. The number of rotatable bonds is 6. The Morgan fingerprint density at radius 1 is 1.00 bits per heavy atom. The lowest BCUT2D eigenvalue weighted by Gasteiger charge is -2.21. The van der Waals surface area contributed by atoms with Crippen LogP contribution in [0.25, 0.3) is 0 Å². The van der Waals surface area contributed by atoms with E-state index < -0.39 is 11.7 Å². The Labute approximate surface area is 166 Å². The first-order valence-electron chi connectivity index (χ1n) is 9.39. The number of anilines is 1. The third-order valence-electron chi connectivity index (χ3n) is 3.91. The molecule has 0 radical (unpaired) electrons. The summed E-state index contributed by atoms with van der Waals surface area (Å²) < 4.78 is 5.23. The van der Waals surface area contributed by atoms with Gasteiger partial charge in [-0.25, -0.2) is 4.79 Å². The smallest absolute Gasteiger partial charge is 0.412 e. The molecule has 6 nitrogen and oxygen atoms in total. The Kier molecular flexibility index (Phi) is 7.18. The van der Waals surface area contributed by atoms with Crippen molar-refractivity contribution in [2.75, 3.05) is 26.0 Å². The van der Waals surface area contributed by atoms with Gasteiger partial charge in [0.05, 0.1) is 14.1 Å². The molecule has 6 heteroatoms. The van der Waals surface area contributed by atoms with Gasteiger partial charge in [-0.1, -0.05) is 30.3 Å². The highest BCUT2D eigenvalue weighted by Gasteiger charge is 2.19. The molecule has 0 aromatic heterocycles. The minimum atomic E-state index is -0.565. The highest BCUT2D eigenvalue weighted by atomic mass is 16.6. The summed E-state index contributed by atoms with van der Waals surface area (Å²) in [6.45, 7) is 6.18. The molecule has 2 aromatic carbocycles. The van der Waals surface area contributed by atoms with Crippen LogP contribution < -0.4 is 15.5 Å². The standard InChI is InChI=1S/C22H29N3O3/c1-22(2,3)28-21(27)23-18-13-11-17(12-14-18)20(26)24-19(15-25(4)5)16-9-7-6-8-10-16/h6-14,19H,15H2,1-5H3,(H,23,27)(H,24,26)/p+1/t19-/m1/s1. The molecule has 0 aliphatic rings. The number of carbonyl (C=O) groups is 2. The molecule has 3 N–H and O–H groups in total. The number of likely N-dealkylation sites (N-methyl/N-ethyl adjacent to an activating group) is 1. The Morgan fingerprint density at radius 3 is 2.14 bits per heavy atom. The van der Waals surface area contributed by atoms with E-state index >= 15 is 0 Å². The van der Waals surface area contributed by atoms with Gasteiger partial charge in [-0.3, -0.25) is 10.1 Å². The van der Waals surface area contributed by atoms with Crippen molar-refractivity contribution in [3.05, 3.63) is 65.7 Å². The van der Waals surface area contributed by atoms with Gasteiger partial charge in [-0.15, -0.1) is 0 Å². The van der Waals surface area contributed by atoms with E-state index in [9.17, 15) is 9.59 Å². The van der Waals surface area contributed by atoms with E-state index in [1.165, 1.54) is 4.90 Å². The lowest BCUT2D eigenvalue weighted by Crippen LogP contribution is -3.06. The Hall–Kier alpha value is -2.86. The van der Waals surface area contributed by atoms with Crippen LogP contribution in [0, 0.1) is 0 Å². The molecule has 150 valence electrons. The second-order valence-electron chi connectivity index (χ2n) is 8.05. The Bertz CT molecular complexity index is 781. The van der Waals surface area contributed by atoms with Crippen molar-refractivity contribution in [3.63, 3.8) is 0 Å². The van der Waals surface area contributed by atoms with Gasteiger partial charge in [0.15, 0.2) is 0 Å². The van der Waals surface area contributed by atoms with Gasteiger partial charge in [-0.2, -0.15) is 0 Å². The number of hydrogen-bond donors (Lipinski definition) is 3. The number of nitrogens with one attached hydrogen (secondary N) is 3. The van der Waals surface area contributed by atoms with Crippen LogP contribution in [0.4, 0.5) is 10.5 Å². The third-order valence-corrected chi connectivity index (χ3v) is 3.91. The maximum Gasteiger partial charge on any atom is 0.412 e. The lowest BCUT2D eigenvalue weighted by molar-refractivity contribution is -0.860. The molecule has 0 heterocycles. The summed E-state index contributed by atoms with van der Waals surface area (Å²) in [6.07, 6.45) is -0.525. The summed E-state index contributed by atoms with van der Waals surface area (Å²) in [7, 11) is 4.11. The van der Waals surface area contributed by atoms with Gasteiger partial charge >= 0.3 is 6.09 Å². The fourth-order valence-corrected chi connectivity index (χ4v) is 2.71. The van der Waals surface area contributed by atoms with Crippen LogP contribution in [-0.2, 0) is 4.74 Å². The SMILES string of the molecule is C[NH+](C)C[C@@H](NC(=O)c1ccc(NC(=O)OC(C)(C)C)cc1)c1ccccc1. The number of hydrogen-bond acceptors (Lipinski definition) is 3. The van der Waals surface area contributed by atoms with Crippen molar-refractivity contribution < 1.29 is 19.2 Å². The topological polar surface area (TPSA) is 71.9 Å². The highest BCUT2D eigenvalue weighted by Crippen LogP contribution is 2.15. The number of quaternary nitrogens is 1. The van der Waals surface area contributed by atoms with Crippen LogP contribution in [-0.4, -0.2) is 38.2 Å². The first-order valence-corrected chi connectivity index (χ1v) is 9.39. The van der Waals surface area contributed by atoms with Crippen molar-refractivity contribution in [1.29, 1.82) is 0 Å². The second kappa shape index (κ2) is 9.37. The molecular weight excluding hydrogens is 354 g/mol. The van der Waals surface area contributed by atoms with E-state index in [2.05, 4.69) is 24.7 Å². The molecule has 0 saturated heterocycles. The van der Waals surface area contributed by atoms with Crippen molar-refractivity contribution >= 4 is 17.7 Å². The van der Waals surface area contributed by atoms with Crippen LogP contribution in [0.2, 0.25) is 0 Å². The predicted molar refractivity (Wildman–Crippen MR) is 111 cm³/mol. The summed E-state index contributed by atoms with van der Waals surface area (Å²) in [5.41, 5.74) is 1.61. The molecule has 0 fully saturated rings. The number of ether oxygens (including phenoxy) is 1. The van der Waals surface area contributed by atoms with E-state index in [0.29, 0.717) is 11.3 Å². The zero-order chi connectivity index (χ0) is 20.7. The van der Waals surface area contributed by atoms with Gasteiger partial charge in [0.25, 0.3) is 5.91 Å². The van der Waals surface area contributed by atoms with Gasteiger partial charge in [-0.05, 0) is 50.6 Å².